The predicted molar refractivity (Wildman–Crippen MR) is 156 cm³/mol. The Balaban J connectivity index is 2.02. The van der Waals surface area contributed by atoms with Crippen molar-refractivity contribution in [3.8, 4) is 0 Å². The van der Waals surface area contributed by atoms with Gasteiger partial charge in [0.1, 0.15) is 12.6 Å². The van der Waals surface area contributed by atoms with E-state index in [-0.39, 0.29) is 23.4 Å². The highest BCUT2D eigenvalue weighted by atomic mass is 35.5. The van der Waals surface area contributed by atoms with Crippen molar-refractivity contribution in [2.24, 2.45) is 0 Å². The average Bonchev–Trinajstić information content (AvgIpc) is 2.89. The molecule has 1 atom stereocenters. The molecule has 0 aliphatic rings. The van der Waals surface area contributed by atoms with Crippen LogP contribution in [0.5, 0.6) is 0 Å². The molecule has 39 heavy (non-hydrogen) atoms. The van der Waals surface area contributed by atoms with Crippen molar-refractivity contribution in [2.45, 2.75) is 58.0 Å². The highest BCUT2D eigenvalue weighted by Crippen LogP contribution is 2.30. The molecule has 0 bridgehead atoms. The SMILES string of the molecule is Cc1ccc(S(=O)(=O)N(CC(=O)N(CCc2ccccc2)[C@@H](C)C(=O)NC(C)C)c2cc(Cl)ccc2C)cc1. The van der Waals surface area contributed by atoms with Crippen molar-refractivity contribution in [1.82, 2.24) is 10.2 Å². The monoisotopic (exact) mass is 569 g/mol. The normalized spacial score (nSPS) is 12.2. The first-order valence-electron chi connectivity index (χ1n) is 12.9. The van der Waals surface area contributed by atoms with Crippen LogP contribution in [0.25, 0.3) is 0 Å². The maximum atomic E-state index is 13.9. The van der Waals surface area contributed by atoms with Gasteiger partial charge in [0, 0.05) is 17.6 Å². The van der Waals surface area contributed by atoms with Crippen LogP contribution in [-0.2, 0) is 26.0 Å². The smallest absolute Gasteiger partial charge is 0.264 e. The summed E-state index contributed by atoms with van der Waals surface area (Å²) in [4.78, 5) is 28.4. The molecule has 0 saturated carbocycles. The first kappa shape index (κ1) is 30.2. The van der Waals surface area contributed by atoms with E-state index in [1.165, 1.54) is 17.0 Å². The predicted octanol–water partition coefficient (Wildman–Crippen LogP) is 5.14. The number of rotatable bonds is 11. The van der Waals surface area contributed by atoms with Crippen molar-refractivity contribution in [1.29, 1.82) is 0 Å². The van der Waals surface area contributed by atoms with Gasteiger partial charge in [0.25, 0.3) is 10.0 Å². The lowest BCUT2D eigenvalue weighted by atomic mass is 10.1. The number of nitrogens with zero attached hydrogens (tertiary/aromatic N) is 2. The van der Waals surface area contributed by atoms with Gasteiger partial charge in [-0.1, -0.05) is 65.7 Å². The van der Waals surface area contributed by atoms with Gasteiger partial charge >= 0.3 is 0 Å². The van der Waals surface area contributed by atoms with Crippen LogP contribution in [0, 0.1) is 13.8 Å². The van der Waals surface area contributed by atoms with Crippen LogP contribution < -0.4 is 9.62 Å². The highest BCUT2D eigenvalue weighted by Gasteiger charge is 2.33. The lowest BCUT2D eigenvalue weighted by molar-refractivity contribution is -0.139. The third kappa shape index (κ3) is 7.83. The molecule has 0 spiro atoms. The van der Waals surface area contributed by atoms with Crippen molar-refractivity contribution in [3.63, 3.8) is 0 Å². The number of hydrogen-bond donors (Lipinski definition) is 1. The molecule has 2 amide bonds. The minimum Gasteiger partial charge on any atom is -0.352 e. The largest absolute Gasteiger partial charge is 0.352 e. The molecule has 0 radical (unpaired) electrons. The molecule has 208 valence electrons. The second-order valence-electron chi connectivity index (χ2n) is 9.92. The molecule has 0 aliphatic carbocycles. The molecule has 1 N–H and O–H groups in total. The van der Waals surface area contributed by atoms with Crippen molar-refractivity contribution in [2.75, 3.05) is 17.4 Å². The summed E-state index contributed by atoms with van der Waals surface area (Å²) < 4.78 is 28.9. The standard InChI is InChI=1S/C30H36ClN3O4S/c1-21(2)32-30(36)24(5)33(18-17-25-9-7-6-8-10-25)29(35)20-34(28-19-26(31)14-13-23(28)4)39(37,38)27-15-11-22(3)12-16-27/h6-16,19,21,24H,17-18,20H2,1-5H3,(H,32,36)/t24-/m0/s1. The minimum absolute atomic E-state index is 0.0571. The maximum Gasteiger partial charge on any atom is 0.264 e. The summed E-state index contributed by atoms with van der Waals surface area (Å²) in [6, 6.07) is 20.1. The van der Waals surface area contributed by atoms with E-state index in [2.05, 4.69) is 5.32 Å². The van der Waals surface area contributed by atoms with E-state index in [1.54, 1.807) is 44.2 Å². The van der Waals surface area contributed by atoms with Crippen LogP contribution in [0.4, 0.5) is 5.69 Å². The van der Waals surface area contributed by atoms with Crippen molar-refractivity contribution >= 4 is 39.1 Å². The number of hydrogen-bond acceptors (Lipinski definition) is 4. The third-order valence-electron chi connectivity index (χ3n) is 6.41. The maximum absolute atomic E-state index is 13.9. The molecule has 0 aliphatic heterocycles. The Morgan fingerprint density at radius 1 is 0.923 bits per heavy atom. The first-order chi connectivity index (χ1) is 18.4. The molecule has 3 rings (SSSR count). The molecule has 0 heterocycles. The fraction of sp³-hybridized carbons (Fsp3) is 0.333. The zero-order valence-electron chi connectivity index (χ0n) is 23.0. The summed E-state index contributed by atoms with van der Waals surface area (Å²) in [7, 11) is -4.14. The van der Waals surface area contributed by atoms with E-state index in [1.807, 2.05) is 51.1 Å². The van der Waals surface area contributed by atoms with Gasteiger partial charge in [0.2, 0.25) is 11.8 Å². The summed E-state index contributed by atoms with van der Waals surface area (Å²) >= 11 is 6.27. The molecule has 0 fully saturated rings. The summed E-state index contributed by atoms with van der Waals surface area (Å²) in [6.07, 6.45) is 0.507. The van der Waals surface area contributed by atoms with E-state index in [4.69, 9.17) is 11.6 Å². The average molecular weight is 570 g/mol. The Kier molecular flexibility index (Phi) is 10.2. The fourth-order valence-electron chi connectivity index (χ4n) is 4.18. The Hall–Kier alpha value is -3.36. The molecule has 0 aromatic heterocycles. The van der Waals surface area contributed by atoms with Crippen LogP contribution in [0.2, 0.25) is 5.02 Å². The number of sulfonamides is 1. The molecular weight excluding hydrogens is 534 g/mol. The minimum atomic E-state index is -4.14. The van der Waals surface area contributed by atoms with Gasteiger partial charge in [0.15, 0.2) is 0 Å². The molecule has 7 nitrogen and oxygen atoms in total. The number of amides is 2. The molecule has 3 aromatic rings. The van der Waals surface area contributed by atoms with Gasteiger partial charge in [0.05, 0.1) is 10.6 Å². The van der Waals surface area contributed by atoms with Gasteiger partial charge < -0.3 is 10.2 Å². The fourth-order valence-corrected chi connectivity index (χ4v) is 5.81. The Labute approximate surface area is 236 Å². The topological polar surface area (TPSA) is 86.8 Å². The lowest BCUT2D eigenvalue weighted by Crippen LogP contribution is -2.53. The molecule has 9 heteroatoms. The van der Waals surface area contributed by atoms with Gasteiger partial charge in [-0.2, -0.15) is 0 Å². The number of halogens is 1. The third-order valence-corrected chi connectivity index (χ3v) is 8.42. The molecular formula is C30H36ClN3O4S. The van der Waals surface area contributed by atoms with E-state index in [0.29, 0.717) is 22.7 Å². The summed E-state index contributed by atoms with van der Waals surface area (Å²) in [6.45, 7) is 8.72. The lowest BCUT2D eigenvalue weighted by Gasteiger charge is -2.32. The Bertz CT molecular complexity index is 1390. The van der Waals surface area contributed by atoms with E-state index >= 15 is 0 Å². The highest BCUT2D eigenvalue weighted by molar-refractivity contribution is 7.92. The van der Waals surface area contributed by atoms with Crippen molar-refractivity contribution < 1.29 is 18.0 Å². The number of aryl methyl sites for hydroxylation is 2. The van der Waals surface area contributed by atoms with E-state index in [0.717, 1.165) is 15.4 Å². The van der Waals surface area contributed by atoms with Crippen LogP contribution >= 0.6 is 11.6 Å². The van der Waals surface area contributed by atoms with Crippen LogP contribution in [0.15, 0.2) is 77.7 Å². The summed E-state index contributed by atoms with van der Waals surface area (Å²) in [5, 5.41) is 3.20. The number of nitrogens with one attached hydrogen (secondary N) is 1. The first-order valence-corrected chi connectivity index (χ1v) is 14.7. The molecule has 0 saturated heterocycles. The van der Waals surface area contributed by atoms with Gasteiger partial charge in [-0.3, -0.25) is 13.9 Å². The summed E-state index contributed by atoms with van der Waals surface area (Å²) in [5.74, 6) is -0.800. The van der Waals surface area contributed by atoms with Gasteiger partial charge in [-0.25, -0.2) is 8.42 Å². The summed E-state index contributed by atoms with van der Waals surface area (Å²) in [5.41, 5.74) is 2.86. The van der Waals surface area contributed by atoms with Crippen LogP contribution in [-0.4, -0.2) is 50.3 Å². The quantitative estimate of drug-likeness (QED) is 0.346. The number of carbonyl (C=O) groups is 2. The molecule has 3 aromatic carbocycles. The second kappa shape index (κ2) is 13.1. The van der Waals surface area contributed by atoms with E-state index in [9.17, 15) is 18.0 Å². The van der Waals surface area contributed by atoms with E-state index < -0.39 is 28.5 Å². The van der Waals surface area contributed by atoms with Crippen molar-refractivity contribution in [3.05, 3.63) is 94.5 Å². The second-order valence-corrected chi connectivity index (χ2v) is 12.2. The Morgan fingerprint density at radius 2 is 1.56 bits per heavy atom. The zero-order chi connectivity index (χ0) is 28.7. The van der Waals surface area contributed by atoms with Crippen LogP contribution in [0.3, 0.4) is 0 Å². The van der Waals surface area contributed by atoms with Gasteiger partial charge in [-0.15, -0.1) is 0 Å². The molecule has 0 unspecified atom stereocenters. The number of carbonyl (C=O) groups excluding carboxylic acids is 2. The number of anilines is 1. The van der Waals surface area contributed by atoms with Crippen LogP contribution in [0.1, 0.15) is 37.5 Å². The van der Waals surface area contributed by atoms with Gasteiger partial charge in [-0.05, 0) is 76.4 Å². The zero-order valence-corrected chi connectivity index (χ0v) is 24.6. The number of benzene rings is 3. The Morgan fingerprint density at radius 3 is 2.18 bits per heavy atom.